The molecule has 3 nitrogen and oxygen atoms in total. The molecule has 1 aliphatic rings. The lowest BCUT2D eigenvalue weighted by atomic mass is 9.91. The summed E-state index contributed by atoms with van der Waals surface area (Å²) in [5.41, 5.74) is 7.27. The Bertz CT molecular complexity index is 436. The van der Waals surface area contributed by atoms with Gasteiger partial charge in [-0.25, -0.2) is 0 Å². The summed E-state index contributed by atoms with van der Waals surface area (Å²) in [6.45, 7) is 5.67. The van der Waals surface area contributed by atoms with Crippen molar-refractivity contribution in [3.8, 4) is 11.5 Å². The maximum atomic E-state index is 6.34. The van der Waals surface area contributed by atoms with Gasteiger partial charge in [0.15, 0.2) is 11.5 Å². The molecule has 2 unspecified atom stereocenters. The number of nitrogens with two attached hydrogens (primary N) is 1. The highest BCUT2D eigenvalue weighted by molar-refractivity contribution is 6.31. The minimum absolute atomic E-state index is 0.0652. The molecule has 19 heavy (non-hydrogen) atoms. The Morgan fingerprint density at radius 1 is 1.26 bits per heavy atom. The number of benzene rings is 1. The molecule has 0 radical (unpaired) electrons. The van der Waals surface area contributed by atoms with E-state index in [1.165, 1.54) is 0 Å². The van der Waals surface area contributed by atoms with E-state index in [0.29, 0.717) is 24.2 Å². The van der Waals surface area contributed by atoms with Crippen LogP contribution in [0.1, 0.15) is 44.7 Å². The smallest absolute Gasteiger partial charge is 0.162 e. The minimum Gasteiger partial charge on any atom is -0.490 e. The van der Waals surface area contributed by atoms with Gasteiger partial charge in [0.25, 0.3) is 0 Å². The van der Waals surface area contributed by atoms with E-state index in [4.69, 9.17) is 26.8 Å². The lowest BCUT2D eigenvalue weighted by Gasteiger charge is -2.22. The van der Waals surface area contributed by atoms with E-state index < -0.39 is 0 Å². The fourth-order valence-electron chi connectivity index (χ4n) is 2.40. The minimum atomic E-state index is -0.0652. The monoisotopic (exact) mass is 283 g/mol. The Morgan fingerprint density at radius 3 is 2.53 bits per heavy atom. The van der Waals surface area contributed by atoms with Gasteiger partial charge in [0.1, 0.15) is 0 Å². The van der Waals surface area contributed by atoms with Gasteiger partial charge in [-0.05, 0) is 24.0 Å². The fourth-order valence-corrected chi connectivity index (χ4v) is 2.68. The largest absolute Gasteiger partial charge is 0.490 e. The van der Waals surface area contributed by atoms with Crippen LogP contribution in [0.15, 0.2) is 12.1 Å². The maximum Gasteiger partial charge on any atom is 0.162 e. The lowest BCUT2D eigenvalue weighted by Crippen LogP contribution is -2.19. The standard InChI is InChI=1S/C15H22ClNO2/c1-3-5-10(2)15(17)11-8-13-14(9-12(11)16)19-7-4-6-18-13/h8-10,15H,3-7,17H2,1-2H3. The molecule has 0 fully saturated rings. The Kier molecular flexibility index (Phi) is 4.94. The van der Waals surface area contributed by atoms with Crippen LogP contribution in [0.2, 0.25) is 5.02 Å². The molecule has 0 amide bonds. The first-order chi connectivity index (χ1) is 9.13. The summed E-state index contributed by atoms with van der Waals surface area (Å²) < 4.78 is 11.3. The molecule has 0 spiro atoms. The molecule has 0 aliphatic carbocycles. The van der Waals surface area contributed by atoms with Gasteiger partial charge in [-0.15, -0.1) is 0 Å². The van der Waals surface area contributed by atoms with Crippen LogP contribution >= 0.6 is 11.6 Å². The highest BCUT2D eigenvalue weighted by Gasteiger charge is 2.21. The second kappa shape index (κ2) is 6.49. The zero-order chi connectivity index (χ0) is 13.8. The van der Waals surface area contributed by atoms with Crippen molar-refractivity contribution in [3.05, 3.63) is 22.7 Å². The van der Waals surface area contributed by atoms with E-state index in [2.05, 4.69) is 13.8 Å². The van der Waals surface area contributed by atoms with Crippen LogP contribution in [0, 0.1) is 5.92 Å². The van der Waals surface area contributed by atoms with Gasteiger partial charge in [-0.1, -0.05) is 31.9 Å². The summed E-state index contributed by atoms with van der Waals surface area (Å²) >= 11 is 6.34. The highest BCUT2D eigenvalue weighted by atomic mass is 35.5. The molecule has 1 heterocycles. The SMILES string of the molecule is CCCC(C)C(N)c1cc2c(cc1Cl)OCCCO2. The van der Waals surface area contributed by atoms with E-state index in [1.807, 2.05) is 12.1 Å². The van der Waals surface area contributed by atoms with Crippen molar-refractivity contribution in [1.29, 1.82) is 0 Å². The molecule has 0 aromatic heterocycles. The molecular weight excluding hydrogens is 262 g/mol. The molecule has 0 bridgehead atoms. The first kappa shape index (κ1) is 14.5. The van der Waals surface area contributed by atoms with E-state index >= 15 is 0 Å². The summed E-state index contributed by atoms with van der Waals surface area (Å²) in [6.07, 6.45) is 3.10. The summed E-state index contributed by atoms with van der Waals surface area (Å²) in [7, 11) is 0. The summed E-state index contributed by atoms with van der Waals surface area (Å²) in [6, 6.07) is 3.71. The first-order valence-electron chi connectivity index (χ1n) is 6.98. The molecule has 1 aromatic carbocycles. The number of fused-ring (bicyclic) bond motifs is 1. The Hall–Kier alpha value is -0.930. The van der Waals surface area contributed by atoms with Gasteiger partial charge in [0, 0.05) is 23.6 Å². The van der Waals surface area contributed by atoms with Crippen molar-refractivity contribution < 1.29 is 9.47 Å². The third-order valence-electron chi connectivity index (χ3n) is 3.58. The number of halogens is 1. The highest BCUT2D eigenvalue weighted by Crippen LogP contribution is 2.38. The Morgan fingerprint density at radius 2 is 1.89 bits per heavy atom. The average molecular weight is 284 g/mol. The van der Waals surface area contributed by atoms with Crippen molar-refractivity contribution >= 4 is 11.6 Å². The first-order valence-corrected chi connectivity index (χ1v) is 7.36. The van der Waals surface area contributed by atoms with Gasteiger partial charge in [0.05, 0.1) is 13.2 Å². The predicted octanol–water partition coefficient (Wildman–Crippen LogP) is 3.94. The van der Waals surface area contributed by atoms with Crippen LogP contribution in [-0.2, 0) is 0 Å². The Labute approximate surface area is 120 Å². The van der Waals surface area contributed by atoms with Crippen LogP contribution in [0.3, 0.4) is 0 Å². The molecule has 0 saturated carbocycles. The molecule has 4 heteroatoms. The fraction of sp³-hybridized carbons (Fsp3) is 0.600. The molecule has 2 N–H and O–H groups in total. The van der Waals surface area contributed by atoms with Gasteiger partial charge in [-0.3, -0.25) is 0 Å². The number of rotatable bonds is 4. The van der Waals surface area contributed by atoms with E-state index in [1.54, 1.807) is 0 Å². The Balaban J connectivity index is 2.28. The van der Waals surface area contributed by atoms with Crippen LogP contribution in [-0.4, -0.2) is 13.2 Å². The van der Waals surface area contributed by atoms with E-state index in [9.17, 15) is 0 Å². The summed E-state index contributed by atoms with van der Waals surface area (Å²) in [4.78, 5) is 0. The molecule has 2 rings (SSSR count). The van der Waals surface area contributed by atoms with Crippen molar-refractivity contribution in [2.24, 2.45) is 11.7 Å². The normalized spacial score (nSPS) is 17.7. The summed E-state index contributed by atoms with van der Waals surface area (Å²) in [5.74, 6) is 1.88. The predicted molar refractivity (Wildman–Crippen MR) is 78.1 cm³/mol. The van der Waals surface area contributed by atoms with Gasteiger partial charge < -0.3 is 15.2 Å². The van der Waals surface area contributed by atoms with Crippen LogP contribution in [0.4, 0.5) is 0 Å². The van der Waals surface area contributed by atoms with Gasteiger partial charge in [-0.2, -0.15) is 0 Å². The lowest BCUT2D eigenvalue weighted by molar-refractivity contribution is 0.297. The average Bonchev–Trinajstić information content (AvgIpc) is 2.62. The third-order valence-corrected chi connectivity index (χ3v) is 3.91. The zero-order valence-electron chi connectivity index (χ0n) is 11.6. The van der Waals surface area contributed by atoms with E-state index in [0.717, 1.165) is 36.3 Å². The molecule has 0 saturated heterocycles. The van der Waals surface area contributed by atoms with Gasteiger partial charge in [0.2, 0.25) is 0 Å². The molecule has 1 aromatic rings. The van der Waals surface area contributed by atoms with Crippen LogP contribution < -0.4 is 15.2 Å². The second-order valence-electron chi connectivity index (χ2n) is 5.16. The number of hydrogen-bond donors (Lipinski definition) is 1. The number of hydrogen-bond acceptors (Lipinski definition) is 3. The molecular formula is C15H22ClNO2. The zero-order valence-corrected chi connectivity index (χ0v) is 12.4. The quantitative estimate of drug-likeness (QED) is 0.910. The number of ether oxygens (including phenoxy) is 2. The molecule has 2 atom stereocenters. The van der Waals surface area contributed by atoms with Crippen molar-refractivity contribution in [2.45, 2.75) is 39.2 Å². The van der Waals surface area contributed by atoms with Crippen molar-refractivity contribution in [1.82, 2.24) is 0 Å². The van der Waals surface area contributed by atoms with E-state index in [-0.39, 0.29) is 6.04 Å². The third kappa shape index (κ3) is 3.34. The van der Waals surface area contributed by atoms with Crippen molar-refractivity contribution in [2.75, 3.05) is 13.2 Å². The second-order valence-corrected chi connectivity index (χ2v) is 5.57. The molecule has 106 valence electrons. The van der Waals surface area contributed by atoms with Crippen molar-refractivity contribution in [3.63, 3.8) is 0 Å². The topological polar surface area (TPSA) is 44.5 Å². The van der Waals surface area contributed by atoms with Gasteiger partial charge >= 0.3 is 0 Å². The summed E-state index contributed by atoms with van der Waals surface area (Å²) in [5, 5.41) is 0.666. The molecule has 1 aliphatic heterocycles. The van der Waals surface area contributed by atoms with Crippen LogP contribution in [0.5, 0.6) is 11.5 Å². The van der Waals surface area contributed by atoms with Crippen LogP contribution in [0.25, 0.3) is 0 Å². The maximum absolute atomic E-state index is 6.34.